The number of nitrogens with one attached hydrogen (secondary N) is 2. The Morgan fingerprint density at radius 2 is 1.65 bits per heavy atom. The van der Waals surface area contributed by atoms with Crippen molar-refractivity contribution in [2.75, 3.05) is 6.54 Å². The molecule has 0 bridgehead atoms. The number of benzene rings is 2. The molecule has 0 aliphatic rings. The molecule has 0 aliphatic heterocycles. The number of carboxylic acids is 2. The second kappa shape index (κ2) is 9.60. The van der Waals surface area contributed by atoms with E-state index >= 15 is 0 Å². The molecule has 1 heterocycles. The van der Waals surface area contributed by atoms with E-state index < -0.39 is 11.9 Å². The van der Waals surface area contributed by atoms with E-state index in [0.717, 1.165) is 24.5 Å². The normalized spacial score (nSPS) is 10.2. The summed E-state index contributed by atoms with van der Waals surface area (Å²) in [5.41, 5.74) is 3.83. The minimum absolute atomic E-state index is 0.785. The fourth-order valence-electron chi connectivity index (χ4n) is 2.40. The largest absolute Gasteiger partial charge is 0.473 e. The van der Waals surface area contributed by atoms with Gasteiger partial charge in [-0.3, -0.25) is 0 Å². The number of aliphatic carboxylic acids is 2. The molecule has 0 fully saturated rings. The Labute approximate surface area is 155 Å². The highest BCUT2D eigenvalue weighted by atomic mass is 35.5. The lowest BCUT2D eigenvalue weighted by Crippen LogP contribution is -2.16. The number of carboxylic acid groups (broad SMARTS) is 2. The summed E-state index contributed by atoms with van der Waals surface area (Å²) in [4.78, 5) is 21.5. The van der Waals surface area contributed by atoms with Gasteiger partial charge in [0, 0.05) is 28.7 Å². The molecule has 0 amide bonds. The van der Waals surface area contributed by atoms with Crippen LogP contribution in [0.1, 0.15) is 11.1 Å². The van der Waals surface area contributed by atoms with E-state index in [1.54, 1.807) is 0 Å². The molecule has 136 valence electrons. The van der Waals surface area contributed by atoms with Crippen LogP contribution in [0, 0.1) is 0 Å². The first-order valence-corrected chi connectivity index (χ1v) is 8.31. The first kappa shape index (κ1) is 19.5. The van der Waals surface area contributed by atoms with Crippen molar-refractivity contribution in [2.24, 2.45) is 0 Å². The van der Waals surface area contributed by atoms with Gasteiger partial charge in [-0.25, -0.2) is 9.59 Å². The maximum Gasteiger partial charge on any atom is 0.414 e. The molecular formula is C19H19ClN2O4. The van der Waals surface area contributed by atoms with E-state index in [2.05, 4.69) is 52.9 Å². The van der Waals surface area contributed by atoms with Crippen LogP contribution >= 0.6 is 11.6 Å². The molecule has 0 atom stereocenters. The number of para-hydroxylation sites is 1. The third kappa shape index (κ3) is 5.91. The van der Waals surface area contributed by atoms with Gasteiger partial charge in [0.1, 0.15) is 0 Å². The second-order valence-electron chi connectivity index (χ2n) is 5.52. The van der Waals surface area contributed by atoms with E-state index in [1.807, 2.05) is 12.1 Å². The van der Waals surface area contributed by atoms with E-state index in [1.165, 1.54) is 22.0 Å². The molecule has 0 aliphatic carbocycles. The maximum atomic E-state index is 9.10. The maximum absolute atomic E-state index is 9.10. The third-order valence-corrected chi connectivity index (χ3v) is 3.92. The molecule has 0 saturated carbocycles. The minimum Gasteiger partial charge on any atom is -0.473 e. The predicted octanol–water partition coefficient (Wildman–Crippen LogP) is 3.31. The van der Waals surface area contributed by atoms with Gasteiger partial charge in [-0.2, -0.15) is 0 Å². The molecule has 6 nitrogen and oxygen atoms in total. The summed E-state index contributed by atoms with van der Waals surface area (Å²) in [6.45, 7) is 1.84. The summed E-state index contributed by atoms with van der Waals surface area (Å²) in [7, 11) is 0. The Morgan fingerprint density at radius 3 is 2.31 bits per heavy atom. The molecule has 0 spiro atoms. The van der Waals surface area contributed by atoms with Gasteiger partial charge >= 0.3 is 11.9 Å². The van der Waals surface area contributed by atoms with E-state index in [-0.39, 0.29) is 0 Å². The molecule has 3 rings (SSSR count). The molecule has 0 radical (unpaired) electrons. The van der Waals surface area contributed by atoms with Gasteiger partial charge < -0.3 is 20.5 Å². The number of aromatic amines is 1. The predicted molar refractivity (Wildman–Crippen MR) is 100 cm³/mol. The Balaban J connectivity index is 0.000000352. The van der Waals surface area contributed by atoms with E-state index in [4.69, 9.17) is 31.4 Å². The first-order chi connectivity index (χ1) is 12.5. The van der Waals surface area contributed by atoms with Crippen LogP contribution in [0.4, 0.5) is 0 Å². The van der Waals surface area contributed by atoms with E-state index in [9.17, 15) is 0 Å². The van der Waals surface area contributed by atoms with Crippen LogP contribution in [0.15, 0.2) is 54.7 Å². The molecule has 26 heavy (non-hydrogen) atoms. The monoisotopic (exact) mass is 374 g/mol. The highest BCUT2D eigenvalue weighted by Crippen LogP contribution is 2.17. The first-order valence-electron chi connectivity index (χ1n) is 7.93. The number of aromatic nitrogens is 1. The molecule has 0 saturated heterocycles. The van der Waals surface area contributed by atoms with Crippen molar-refractivity contribution < 1.29 is 19.8 Å². The van der Waals surface area contributed by atoms with Crippen LogP contribution in [0.2, 0.25) is 5.02 Å². The summed E-state index contributed by atoms with van der Waals surface area (Å²) in [6, 6.07) is 16.4. The Hall–Kier alpha value is -2.83. The van der Waals surface area contributed by atoms with Crippen molar-refractivity contribution in [2.45, 2.75) is 13.0 Å². The molecule has 1 aromatic heterocycles. The van der Waals surface area contributed by atoms with Crippen molar-refractivity contribution in [1.29, 1.82) is 0 Å². The van der Waals surface area contributed by atoms with Crippen LogP contribution in [-0.4, -0.2) is 33.7 Å². The molecular weight excluding hydrogens is 356 g/mol. The van der Waals surface area contributed by atoms with Crippen LogP contribution in [0.5, 0.6) is 0 Å². The summed E-state index contributed by atoms with van der Waals surface area (Å²) in [5.74, 6) is -3.65. The topological polar surface area (TPSA) is 102 Å². The fourth-order valence-corrected chi connectivity index (χ4v) is 2.52. The van der Waals surface area contributed by atoms with Gasteiger partial charge in [0.25, 0.3) is 0 Å². The van der Waals surface area contributed by atoms with Crippen LogP contribution in [-0.2, 0) is 22.6 Å². The zero-order valence-corrected chi connectivity index (χ0v) is 14.7. The number of hydrogen-bond donors (Lipinski definition) is 4. The summed E-state index contributed by atoms with van der Waals surface area (Å²) < 4.78 is 0. The number of hydrogen-bond acceptors (Lipinski definition) is 3. The van der Waals surface area contributed by atoms with Crippen LogP contribution < -0.4 is 5.32 Å². The van der Waals surface area contributed by atoms with Crippen molar-refractivity contribution in [3.8, 4) is 0 Å². The number of halogens is 1. The number of rotatable bonds is 5. The fraction of sp³-hybridized carbons (Fsp3) is 0.158. The van der Waals surface area contributed by atoms with Gasteiger partial charge in [-0.15, -0.1) is 0 Å². The van der Waals surface area contributed by atoms with Crippen LogP contribution in [0.25, 0.3) is 10.9 Å². The average Bonchev–Trinajstić information content (AvgIpc) is 3.04. The molecule has 3 aromatic rings. The van der Waals surface area contributed by atoms with E-state index in [0.29, 0.717) is 0 Å². The van der Waals surface area contributed by atoms with Crippen molar-refractivity contribution in [3.63, 3.8) is 0 Å². The Morgan fingerprint density at radius 1 is 1.00 bits per heavy atom. The smallest absolute Gasteiger partial charge is 0.414 e. The van der Waals surface area contributed by atoms with Crippen molar-refractivity contribution in [3.05, 3.63) is 70.9 Å². The lowest BCUT2D eigenvalue weighted by Gasteiger charge is -2.04. The molecule has 0 unspecified atom stereocenters. The van der Waals surface area contributed by atoms with Crippen molar-refractivity contribution in [1.82, 2.24) is 10.3 Å². The van der Waals surface area contributed by atoms with Gasteiger partial charge in [0.05, 0.1) is 0 Å². The van der Waals surface area contributed by atoms with Crippen LogP contribution in [0.3, 0.4) is 0 Å². The van der Waals surface area contributed by atoms with Gasteiger partial charge in [0.15, 0.2) is 0 Å². The molecule has 4 N–H and O–H groups in total. The van der Waals surface area contributed by atoms with Gasteiger partial charge in [-0.1, -0.05) is 41.9 Å². The highest BCUT2D eigenvalue weighted by molar-refractivity contribution is 6.30. The average molecular weight is 375 g/mol. The zero-order valence-electron chi connectivity index (χ0n) is 13.9. The minimum atomic E-state index is -1.82. The second-order valence-corrected chi connectivity index (χ2v) is 5.96. The molecule has 7 heteroatoms. The quantitative estimate of drug-likeness (QED) is 0.405. The van der Waals surface area contributed by atoms with Crippen molar-refractivity contribution >= 4 is 34.4 Å². The number of carbonyl (C=O) groups is 2. The standard InChI is InChI=1S/C17H17ClN2.C2H2O4/c18-15-7-5-13(6-8-15)11-19-10-9-14-12-20-17-4-2-1-3-16(14)17;3-1(4)2(5)6/h1-8,12,19-20H,9-11H2;(H,3,4)(H,5,6). The highest BCUT2D eigenvalue weighted by Gasteiger charge is 2.04. The number of fused-ring (bicyclic) bond motifs is 1. The lowest BCUT2D eigenvalue weighted by molar-refractivity contribution is -0.159. The SMILES string of the molecule is Clc1ccc(CNCCc2c[nH]c3ccccc23)cc1.O=C(O)C(=O)O. The third-order valence-electron chi connectivity index (χ3n) is 3.67. The molecule has 2 aromatic carbocycles. The zero-order chi connectivity index (χ0) is 18.9. The summed E-state index contributed by atoms with van der Waals surface area (Å²) >= 11 is 5.87. The summed E-state index contributed by atoms with van der Waals surface area (Å²) in [5, 5.41) is 20.4. The lowest BCUT2D eigenvalue weighted by atomic mass is 10.1. The Kier molecular flexibility index (Phi) is 7.20. The Bertz CT molecular complexity index is 863. The van der Waals surface area contributed by atoms with Gasteiger partial charge in [-0.05, 0) is 42.3 Å². The van der Waals surface area contributed by atoms with Gasteiger partial charge in [0.2, 0.25) is 0 Å². The number of H-pyrrole nitrogens is 1. The summed E-state index contributed by atoms with van der Waals surface area (Å²) in [6.07, 6.45) is 3.13.